The Morgan fingerprint density at radius 2 is 2.21 bits per heavy atom. The highest BCUT2D eigenvalue weighted by Gasteiger charge is 2.26. The highest BCUT2D eigenvalue weighted by atomic mass is 32.1. The molecule has 0 radical (unpaired) electrons. The van der Waals surface area contributed by atoms with E-state index < -0.39 is 0 Å². The van der Waals surface area contributed by atoms with Gasteiger partial charge in [-0.2, -0.15) is 0 Å². The van der Waals surface area contributed by atoms with Crippen LogP contribution in [0.2, 0.25) is 0 Å². The SMILES string of the molecule is CCN(CCNc1ccc(C(N)=S)c(C)c1)C1CC1. The van der Waals surface area contributed by atoms with Gasteiger partial charge in [-0.25, -0.2) is 0 Å². The maximum atomic E-state index is 5.67. The fourth-order valence-electron chi connectivity index (χ4n) is 2.43. The Morgan fingerprint density at radius 3 is 2.74 bits per heavy atom. The minimum absolute atomic E-state index is 0.468. The van der Waals surface area contributed by atoms with Crippen molar-refractivity contribution in [2.45, 2.75) is 32.7 Å². The van der Waals surface area contributed by atoms with E-state index in [1.165, 1.54) is 12.8 Å². The number of anilines is 1. The molecule has 0 atom stereocenters. The molecule has 104 valence electrons. The summed E-state index contributed by atoms with van der Waals surface area (Å²) >= 11 is 5.02. The number of rotatable bonds is 7. The van der Waals surface area contributed by atoms with Crippen LogP contribution in [-0.4, -0.2) is 35.6 Å². The van der Waals surface area contributed by atoms with Crippen LogP contribution in [0.3, 0.4) is 0 Å². The molecule has 0 aromatic heterocycles. The summed E-state index contributed by atoms with van der Waals surface area (Å²) in [5, 5.41) is 3.47. The maximum absolute atomic E-state index is 5.67. The molecule has 3 N–H and O–H groups in total. The van der Waals surface area contributed by atoms with Gasteiger partial charge >= 0.3 is 0 Å². The number of nitrogens with one attached hydrogen (secondary N) is 1. The third kappa shape index (κ3) is 3.91. The van der Waals surface area contributed by atoms with Crippen LogP contribution in [0, 0.1) is 6.92 Å². The third-order valence-electron chi connectivity index (χ3n) is 3.69. The fraction of sp³-hybridized carbons (Fsp3) is 0.533. The first-order valence-corrected chi connectivity index (χ1v) is 7.41. The zero-order valence-electron chi connectivity index (χ0n) is 11.8. The van der Waals surface area contributed by atoms with Crippen LogP contribution in [0.25, 0.3) is 0 Å². The van der Waals surface area contributed by atoms with Crippen LogP contribution >= 0.6 is 12.2 Å². The molecular weight excluding hydrogens is 254 g/mol. The molecule has 0 bridgehead atoms. The van der Waals surface area contributed by atoms with Gasteiger partial charge in [0, 0.05) is 30.4 Å². The normalized spacial score (nSPS) is 14.7. The summed E-state index contributed by atoms with van der Waals surface area (Å²) in [5.41, 5.74) is 8.91. The van der Waals surface area contributed by atoms with E-state index >= 15 is 0 Å². The first-order valence-electron chi connectivity index (χ1n) is 7.00. The molecule has 1 aromatic carbocycles. The molecule has 19 heavy (non-hydrogen) atoms. The number of hydrogen-bond acceptors (Lipinski definition) is 3. The Morgan fingerprint density at radius 1 is 1.47 bits per heavy atom. The standard InChI is InChI=1S/C15H23N3S/c1-3-18(13-5-6-13)9-8-17-12-4-7-14(15(16)19)11(2)10-12/h4,7,10,13,17H,3,5-6,8-9H2,1-2H3,(H2,16,19). The third-order valence-corrected chi connectivity index (χ3v) is 3.91. The maximum Gasteiger partial charge on any atom is 0.104 e. The lowest BCUT2D eigenvalue weighted by molar-refractivity contribution is 0.289. The van der Waals surface area contributed by atoms with Crippen LogP contribution in [0.4, 0.5) is 5.69 Å². The molecule has 3 nitrogen and oxygen atoms in total. The number of thiocarbonyl (C=S) groups is 1. The number of benzene rings is 1. The van der Waals surface area contributed by atoms with Gasteiger partial charge in [-0.15, -0.1) is 0 Å². The van der Waals surface area contributed by atoms with Crippen LogP contribution in [0.5, 0.6) is 0 Å². The number of nitrogens with zero attached hydrogens (tertiary/aromatic N) is 1. The van der Waals surface area contributed by atoms with Crippen LogP contribution < -0.4 is 11.1 Å². The van der Waals surface area contributed by atoms with E-state index in [0.717, 1.165) is 42.5 Å². The van der Waals surface area contributed by atoms with Gasteiger partial charge < -0.3 is 11.1 Å². The highest BCUT2D eigenvalue weighted by molar-refractivity contribution is 7.80. The molecule has 1 aromatic rings. The molecule has 1 aliphatic carbocycles. The smallest absolute Gasteiger partial charge is 0.104 e. The molecule has 2 rings (SSSR count). The van der Waals surface area contributed by atoms with Gasteiger partial charge in [0.25, 0.3) is 0 Å². The van der Waals surface area contributed by atoms with Gasteiger partial charge in [-0.05, 0) is 50.1 Å². The fourth-order valence-corrected chi connectivity index (χ4v) is 2.66. The second-order valence-corrected chi connectivity index (χ2v) is 5.62. The first kappa shape index (κ1) is 14.3. The van der Waals surface area contributed by atoms with Crippen molar-refractivity contribution in [3.05, 3.63) is 29.3 Å². The largest absolute Gasteiger partial charge is 0.389 e. The molecule has 1 aliphatic rings. The predicted octanol–water partition coefficient (Wildman–Crippen LogP) is 2.53. The van der Waals surface area contributed by atoms with Crippen LogP contribution in [0.1, 0.15) is 30.9 Å². The minimum atomic E-state index is 0.468. The second-order valence-electron chi connectivity index (χ2n) is 5.18. The Bertz CT molecular complexity index is 455. The van der Waals surface area contributed by atoms with Gasteiger partial charge in [-0.1, -0.05) is 19.1 Å². The van der Waals surface area contributed by atoms with Crippen molar-refractivity contribution >= 4 is 22.9 Å². The highest BCUT2D eigenvalue weighted by Crippen LogP contribution is 2.26. The lowest BCUT2D eigenvalue weighted by Gasteiger charge is -2.20. The quantitative estimate of drug-likeness (QED) is 0.752. The van der Waals surface area contributed by atoms with Gasteiger partial charge in [0.1, 0.15) is 4.99 Å². The summed E-state index contributed by atoms with van der Waals surface area (Å²) < 4.78 is 0. The van der Waals surface area contributed by atoms with Crippen molar-refractivity contribution in [3.63, 3.8) is 0 Å². The van der Waals surface area contributed by atoms with E-state index in [9.17, 15) is 0 Å². The molecule has 0 aliphatic heterocycles. The molecule has 1 fully saturated rings. The van der Waals surface area contributed by atoms with E-state index in [1.54, 1.807) is 0 Å². The summed E-state index contributed by atoms with van der Waals surface area (Å²) in [6.45, 7) is 7.51. The van der Waals surface area contributed by atoms with Gasteiger partial charge in [0.2, 0.25) is 0 Å². The summed E-state index contributed by atoms with van der Waals surface area (Å²) in [4.78, 5) is 3.01. The van der Waals surface area contributed by atoms with Crippen molar-refractivity contribution < 1.29 is 0 Å². The van der Waals surface area contributed by atoms with E-state index in [1.807, 2.05) is 13.0 Å². The number of aryl methyl sites for hydroxylation is 1. The molecule has 0 amide bonds. The molecule has 1 saturated carbocycles. The minimum Gasteiger partial charge on any atom is -0.389 e. The molecule has 0 unspecified atom stereocenters. The Balaban J connectivity index is 1.85. The number of hydrogen-bond donors (Lipinski definition) is 2. The van der Waals surface area contributed by atoms with Gasteiger partial charge in [-0.3, -0.25) is 4.90 Å². The van der Waals surface area contributed by atoms with Crippen molar-refractivity contribution in [2.24, 2.45) is 5.73 Å². The lowest BCUT2D eigenvalue weighted by Crippen LogP contribution is -2.30. The molecule has 0 saturated heterocycles. The Hall–Kier alpha value is -1.13. The van der Waals surface area contributed by atoms with Crippen molar-refractivity contribution in [1.82, 2.24) is 4.90 Å². The molecule has 4 heteroatoms. The summed E-state index contributed by atoms with van der Waals surface area (Å²) in [6.07, 6.45) is 2.74. The van der Waals surface area contributed by atoms with Crippen molar-refractivity contribution in [1.29, 1.82) is 0 Å². The molecular formula is C15H23N3S. The average molecular weight is 277 g/mol. The van der Waals surface area contributed by atoms with Gasteiger partial charge in [0.15, 0.2) is 0 Å². The number of likely N-dealkylation sites (N-methyl/N-ethyl adjacent to an activating group) is 1. The first-order chi connectivity index (χ1) is 9.11. The predicted molar refractivity (Wildman–Crippen MR) is 85.8 cm³/mol. The van der Waals surface area contributed by atoms with Crippen molar-refractivity contribution in [3.8, 4) is 0 Å². The van der Waals surface area contributed by atoms with E-state index in [4.69, 9.17) is 18.0 Å². The van der Waals surface area contributed by atoms with Crippen LogP contribution in [-0.2, 0) is 0 Å². The topological polar surface area (TPSA) is 41.3 Å². The molecule has 0 spiro atoms. The Labute approximate surface area is 121 Å². The second kappa shape index (κ2) is 6.35. The summed E-state index contributed by atoms with van der Waals surface area (Å²) in [6, 6.07) is 7.00. The average Bonchev–Trinajstić information content (AvgIpc) is 3.18. The number of nitrogens with two attached hydrogens (primary N) is 1. The summed E-state index contributed by atoms with van der Waals surface area (Å²) in [5.74, 6) is 0. The lowest BCUT2D eigenvalue weighted by atomic mass is 10.1. The monoisotopic (exact) mass is 277 g/mol. The van der Waals surface area contributed by atoms with E-state index in [0.29, 0.717) is 4.99 Å². The van der Waals surface area contributed by atoms with Crippen molar-refractivity contribution in [2.75, 3.05) is 25.0 Å². The zero-order chi connectivity index (χ0) is 13.8. The van der Waals surface area contributed by atoms with Crippen LogP contribution in [0.15, 0.2) is 18.2 Å². The Kier molecular flexibility index (Phi) is 4.77. The van der Waals surface area contributed by atoms with E-state index in [-0.39, 0.29) is 0 Å². The summed E-state index contributed by atoms with van der Waals surface area (Å²) in [7, 11) is 0. The zero-order valence-corrected chi connectivity index (χ0v) is 12.6. The van der Waals surface area contributed by atoms with E-state index in [2.05, 4.69) is 29.3 Å². The van der Waals surface area contributed by atoms with Gasteiger partial charge in [0.05, 0.1) is 0 Å². The molecule has 0 heterocycles.